The third-order valence-corrected chi connectivity index (χ3v) is 3.56. The Kier molecular flexibility index (Phi) is 5.65. The Morgan fingerprint density at radius 2 is 1.75 bits per heavy atom. The summed E-state index contributed by atoms with van der Waals surface area (Å²) < 4.78 is 15.0. The highest BCUT2D eigenvalue weighted by molar-refractivity contribution is 6.32. The third kappa shape index (κ3) is 3.60. The number of nitrogens with one attached hydrogen (secondary N) is 1. The van der Waals surface area contributed by atoms with Crippen LogP contribution in [0.1, 0.15) is 20.7 Å². The molecule has 2 aromatic rings. The number of amides is 1. The van der Waals surface area contributed by atoms with E-state index in [2.05, 4.69) is 5.32 Å². The Morgan fingerprint density at radius 3 is 2.38 bits per heavy atom. The van der Waals surface area contributed by atoms with Crippen molar-refractivity contribution in [1.29, 1.82) is 0 Å². The third-order valence-electron chi connectivity index (χ3n) is 3.28. The molecule has 0 saturated carbocycles. The van der Waals surface area contributed by atoms with Crippen LogP contribution in [-0.4, -0.2) is 33.2 Å². The predicted molar refractivity (Wildman–Crippen MR) is 90.3 cm³/mol. The zero-order valence-electron chi connectivity index (χ0n) is 13.4. The van der Waals surface area contributed by atoms with E-state index in [4.69, 9.17) is 25.8 Å². The van der Waals surface area contributed by atoms with Crippen molar-refractivity contribution >= 4 is 29.2 Å². The second-order valence-corrected chi connectivity index (χ2v) is 5.09. The van der Waals surface area contributed by atoms with E-state index in [1.807, 2.05) is 0 Å². The molecule has 0 aliphatic heterocycles. The summed E-state index contributed by atoms with van der Waals surface area (Å²) in [5.74, 6) is -0.326. The Hall–Kier alpha value is -2.73. The first-order valence-electron chi connectivity index (χ1n) is 6.92. The monoisotopic (exact) mass is 349 g/mol. The van der Waals surface area contributed by atoms with E-state index in [1.54, 1.807) is 24.3 Å². The van der Waals surface area contributed by atoms with Gasteiger partial charge in [-0.05, 0) is 24.3 Å². The molecule has 126 valence electrons. The van der Waals surface area contributed by atoms with Crippen molar-refractivity contribution in [3.63, 3.8) is 0 Å². The maximum Gasteiger partial charge on any atom is 0.339 e. The standard InChI is InChI=1S/C17H16ClNO5/c1-22-14-9-10(8-12(18)15(14)23-2)16(20)19-13-7-5-4-6-11(13)17(21)24-3/h4-9H,1-3H3,(H,19,20). The van der Waals surface area contributed by atoms with Crippen LogP contribution >= 0.6 is 11.6 Å². The number of carbonyl (C=O) groups is 2. The zero-order chi connectivity index (χ0) is 17.7. The van der Waals surface area contributed by atoms with Crippen molar-refractivity contribution < 1.29 is 23.8 Å². The van der Waals surface area contributed by atoms with Gasteiger partial charge in [-0.15, -0.1) is 0 Å². The lowest BCUT2D eigenvalue weighted by molar-refractivity contribution is 0.0602. The molecular formula is C17H16ClNO5. The molecule has 0 radical (unpaired) electrons. The molecule has 0 saturated heterocycles. The van der Waals surface area contributed by atoms with Crippen LogP contribution in [0.15, 0.2) is 36.4 Å². The van der Waals surface area contributed by atoms with Gasteiger partial charge >= 0.3 is 5.97 Å². The number of anilines is 1. The maximum atomic E-state index is 12.5. The van der Waals surface area contributed by atoms with Gasteiger partial charge in [0.2, 0.25) is 0 Å². The largest absolute Gasteiger partial charge is 0.493 e. The molecule has 1 amide bonds. The average Bonchev–Trinajstić information content (AvgIpc) is 2.60. The van der Waals surface area contributed by atoms with Gasteiger partial charge in [-0.25, -0.2) is 4.79 Å². The summed E-state index contributed by atoms with van der Waals surface area (Å²) >= 11 is 6.11. The molecular weight excluding hydrogens is 334 g/mol. The van der Waals surface area contributed by atoms with Crippen LogP contribution in [0.5, 0.6) is 11.5 Å². The molecule has 0 bridgehead atoms. The van der Waals surface area contributed by atoms with Crippen LogP contribution < -0.4 is 14.8 Å². The van der Waals surface area contributed by atoms with Crippen LogP contribution in [0.3, 0.4) is 0 Å². The van der Waals surface area contributed by atoms with Gasteiger partial charge in [0, 0.05) is 5.56 Å². The number of rotatable bonds is 5. The van der Waals surface area contributed by atoms with Gasteiger partial charge in [0.25, 0.3) is 5.91 Å². The highest BCUT2D eigenvalue weighted by Crippen LogP contribution is 2.36. The van der Waals surface area contributed by atoms with Gasteiger partial charge in [-0.2, -0.15) is 0 Å². The maximum absolute atomic E-state index is 12.5. The molecule has 7 heteroatoms. The number of carbonyl (C=O) groups excluding carboxylic acids is 2. The number of hydrogen-bond acceptors (Lipinski definition) is 5. The SMILES string of the molecule is COC(=O)c1ccccc1NC(=O)c1cc(Cl)c(OC)c(OC)c1. The van der Waals surface area contributed by atoms with Crippen molar-refractivity contribution in [2.45, 2.75) is 0 Å². The van der Waals surface area contributed by atoms with E-state index in [1.165, 1.54) is 33.5 Å². The van der Waals surface area contributed by atoms with E-state index >= 15 is 0 Å². The summed E-state index contributed by atoms with van der Waals surface area (Å²) in [5, 5.41) is 2.90. The van der Waals surface area contributed by atoms with Gasteiger partial charge in [-0.3, -0.25) is 4.79 Å². The first kappa shape index (κ1) is 17.6. The zero-order valence-corrected chi connectivity index (χ0v) is 14.1. The first-order valence-corrected chi connectivity index (χ1v) is 7.29. The molecule has 0 spiro atoms. The number of halogens is 1. The Labute approximate surface area is 144 Å². The van der Waals surface area contributed by atoms with Gasteiger partial charge in [-0.1, -0.05) is 23.7 Å². The quantitative estimate of drug-likeness (QED) is 0.837. The highest BCUT2D eigenvalue weighted by atomic mass is 35.5. The van der Waals surface area contributed by atoms with E-state index < -0.39 is 11.9 Å². The Morgan fingerprint density at radius 1 is 1.04 bits per heavy atom. The molecule has 0 aromatic heterocycles. The minimum atomic E-state index is -0.545. The van der Waals surface area contributed by atoms with Crippen LogP contribution in [0.2, 0.25) is 5.02 Å². The normalized spacial score (nSPS) is 10.0. The Bertz CT molecular complexity index is 776. The minimum Gasteiger partial charge on any atom is -0.493 e. The molecule has 2 rings (SSSR count). The lowest BCUT2D eigenvalue weighted by atomic mass is 10.1. The van der Waals surface area contributed by atoms with E-state index in [0.29, 0.717) is 17.2 Å². The fourth-order valence-corrected chi connectivity index (χ4v) is 2.41. The van der Waals surface area contributed by atoms with Gasteiger partial charge in [0.15, 0.2) is 11.5 Å². The molecule has 0 aliphatic rings. The van der Waals surface area contributed by atoms with Crippen LogP contribution in [-0.2, 0) is 4.74 Å². The van der Waals surface area contributed by atoms with Gasteiger partial charge in [0.1, 0.15) is 0 Å². The molecule has 0 aliphatic carbocycles. The number of methoxy groups -OCH3 is 3. The van der Waals surface area contributed by atoms with E-state index in [-0.39, 0.29) is 16.1 Å². The van der Waals surface area contributed by atoms with Crippen molar-refractivity contribution in [2.24, 2.45) is 0 Å². The Balaban J connectivity index is 2.35. The van der Waals surface area contributed by atoms with Gasteiger partial charge in [0.05, 0.1) is 37.6 Å². The molecule has 0 heterocycles. The van der Waals surface area contributed by atoms with E-state index in [9.17, 15) is 9.59 Å². The molecule has 0 unspecified atom stereocenters. The lowest BCUT2D eigenvalue weighted by Gasteiger charge is -2.13. The summed E-state index contributed by atoms with van der Waals surface area (Å²) in [6, 6.07) is 9.49. The number of hydrogen-bond donors (Lipinski definition) is 1. The highest BCUT2D eigenvalue weighted by Gasteiger charge is 2.18. The van der Waals surface area contributed by atoms with Crippen molar-refractivity contribution in [3.8, 4) is 11.5 Å². The summed E-state index contributed by atoms with van der Waals surface area (Å²) in [7, 11) is 4.17. The molecule has 24 heavy (non-hydrogen) atoms. The fourth-order valence-electron chi connectivity index (χ4n) is 2.12. The molecule has 0 fully saturated rings. The molecule has 1 N–H and O–H groups in total. The van der Waals surface area contributed by atoms with Crippen LogP contribution in [0.25, 0.3) is 0 Å². The number of esters is 1. The summed E-state index contributed by atoms with van der Waals surface area (Å²) in [6.45, 7) is 0. The predicted octanol–water partition coefficient (Wildman–Crippen LogP) is 3.40. The number of ether oxygens (including phenoxy) is 3. The average molecular weight is 350 g/mol. The summed E-state index contributed by atoms with van der Waals surface area (Å²) in [4.78, 5) is 24.2. The lowest BCUT2D eigenvalue weighted by Crippen LogP contribution is -2.15. The molecule has 6 nitrogen and oxygen atoms in total. The minimum absolute atomic E-state index is 0.239. The van der Waals surface area contributed by atoms with Crippen LogP contribution in [0.4, 0.5) is 5.69 Å². The second kappa shape index (κ2) is 7.70. The second-order valence-electron chi connectivity index (χ2n) is 4.68. The first-order chi connectivity index (χ1) is 11.5. The van der Waals surface area contributed by atoms with Crippen molar-refractivity contribution in [3.05, 3.63) is 52.5 Å². The molecule has 0 atom stereocenters. The van der Waals surface area contributed by atoms with Gasteiger partial charge < -0.3 is 19.5 Å². The molecule has 2 aromatic carbocycles. The smallest absolute Gasteiger partial charge is 0.339 e. The topological polar surface area (TPSA) is 73.9 Å². The summed E-state index contributed by atoms with van der Waals surface area (Å²) in [6.07, 6.45) is 0. The number of benzene rings is 2. The van der Waals surface area contributed by atoms with Crippen molar-refractivity contribution in [2.75, 3.05) is 26.6 Å². The van der Waals surface area contributed by atoms with Crippen molar-refractivity contribution in [1.82, 2.24) is 0 Å². The fraction of sp³-hybridized carbons (Fsp3) is 0.176. The van der Waals surface area contributed by atoms with Crippen LogP contribution in [0, 0.1) is 0 Å². The summed E-state index contributed by atoms with van der Waals surface area (Å²) in [5.41, 5.74) is 0.845. The van der Waals surface area contributed by atoms with E-state index in [0.717, 1.165) is 0 Å². The number of para-hydroxylation sites is 1.